The summed E-state index contributed by atoms with van der Waals surface area (Å²) in [6, 6.07) is 56.3. The van der Waals surface area contributed by atoms with Crippen molar-refractivity contribution in [3.8, 4) is 51.0 Å². The van der Waals surface area contributed by atoms with Crippen LogP contribution in [-0.2, 0) is 5.41 Å². The Morgan fingerprint density at radius 3 is 1.89 bits per heavy atom. The second-order valence-corrected chi connectivity index (χ2v) is 15.5. The number of thiophene rings is 1. The first-order valence-corrected chi connectivity index (χ1v) is 18.9. The number of hydrogen-bond donors (Lipinski definition) is 0. The van der Waals surface area contributed by atoms with Crippen molar-refractivity contribution in [3.63, 3.8) is 0 Å². The van der Waals surface area contributed by atoms with E-state index in [0.717, 1.165) is 22.4 Å². The van der Waals surface area contributed by atoms with Crippen molar-refractivity contribution in [2.45, 2.75) is 19.3 Å². The first-order chi connectivity index (χ1) is 26.0. The summed E-state index contributed by atoms with van der Waals surface area (Å²) in [7, 11) is 0. The lowest BCUT2D eigenvalue weighted by Gasteiger charge is -2.23. The molecule has 11 rings (SSSR count). The van der Waals surface area contributed by atoms with Gasteiger partial charge in [0.05, 0.1) is 11.0 Å². The fourth-order valence-corrected chi connectivity index (χ4v) is 9.70. The summed E-state index contributed by atoms with van der Waals surface area (Å²) < 4.78 is 4.96. The highest BCUT2D eigenvalue weighted by atomic mass is 32.1. The number of benzene rings is 7. The largest absolute Gasteiger partial charge is 0.309 e. The van der Waals surface area contributed by atoms with Crippen LogP contribution in [0, 0.1) is 0 Å². The number of para-hydroxylation sites is 1. The van der Waals surface area contributed by atoms with Crippen molar-refractivity contribution in [3.05, 3.63) is 169 Å². The minimum absolute atomic E-state index is 0.147. The van der Waals surface area contributed by atoms with E-state index in [4.69, 9.17) is 15.0 Å². The highest BCUT2D eigenvalue weighted by Crippen LogP contribution is 2.53. The second-order valence-electron chi connectivity index (χ2n) is 14.4. The quantitative estimate of drug-likeness (QED) is 0.184. The Bertz CT molecular complexity index is 3080. The summed E-state index contributed by atoms with van der Waals surface area (Å²) in [5, 5.41) is 5.06. The highest BCUT2D eigenvalue weighted by molar-refractivity contribution is 7.25. The Morgan fingerprint density at radius 2 is 1.08 bits per heavy atom. The maximum atomic E-state index is 5.12. The maximum Gasteiger partial charge on any atom is 0.164 e. The molecule has 0 fully saturated rings. The normalized spacial score (nSPS) is 13.2. The molecule has 0 atom stereocenters. The van der Waals surface area contributed by atoms with Crippen LogP contribution in [0.25, 0.3) is 93.0 Å². The van der Waals surface area contributed by atoms with Gasteiger partial charge in [-0.2, -0.15) is 0 Å². The summed E-state index contributed by atoms with van der Waals surface area (Å²) in [4.78, 5) is 15.2. The van der Waals surface area contributed by atoms with E-state index in [1.165, 1.54) is 64.2 Å². The third kappa shape index (κ3) is 4.51. The Kier molecular flexibility index (Phi) is 6.43. The zero-order chi connectivity index (χ0) is 35.3. The smallest absolute Gasteiger partial charge is 0.164 e. The van der Waals surface area contributed by atoms with Crippen LogP contribution in [0.15, 0.2) is 158 Å². The minimum Gasteiger partial charge on any atom is -0.309 e. The van der Waals surface area contributed by atoms with Gasteiger partial charge in [-0.25, -0.2) is 15.0 Å². The Labute approximate surface area is 310 Å². The van der Waals surface area contributed by atoms with Crippen molar-refractivity contribution >= 4 is 53.3 Å². The molecule has 10 aromatic rings. The molecule has 1 aliphatic carbocycles. The van der Waals surface area contributed by atoms with Gasteiger partial charge in [0.1, 0.15) is 0 Å². The van der Waals surface area contributed by atoms with Gasteiger partial charge in [0, 0.05) is 58.7 Å². The Balaban J connectivity index is 1.08. The maximum absolute atomic E-state index is 5.12. The third-order valence-corrected chi connectivity index (χ3v) is 12.2. The average molecular weight is 697 g/mol. The molecule has 3 heterocycles. The number of nitrogens with zero attached hydrogens (tertiary/aromatic N) is 4. The molecule has 0 aliphatic heterocycles. The summed E-state index contributed by atoms with van der Waals surface area (Å²) in [5.74, 6) is 1.97. The second kappa shape index (κ2) is 11.3. The molecule has 0 N–H and O–H groups in total. The van der Waals surface area contributed by atoms with E-state index in [1.807, 2.05) is 18.2 Å². The molecule has 0 saturated heterocycles. The van der Waals surface area contributed by atoms with Crippen LogP contribution in [0.3, 0.4) is 0 Å². The van der Waals surface area contributed by atoms with E-state index >= 15 is 0 Å². The molecular formula is C48H32N4S. The van der Waals surface area contributed by atoms with Gasteiger partial charge in [0.25, 0.3) is 0 Å². The van der Waals surface area contributed by atoms with Gasteiger partial charge in [-0.15, -0.1) is 11.3 Å². The van der Waals surface area contributed by atoms with Crippen LogP contribution < -0.4 is 0 Å². The van der Waals surface area contributed by atoms with E-state index in [9.17, 15) is 0 Å². The van der Waals surface area contributed by atoms with Crippen LogP contribution in [0.1, 0.15) is 25.0 Å². The topological polar surface area (TPSA) is 43.6 Å². The Morgan fingerprint density at radius 1 is 0.472 bits per heavy atom. The molecule has 0 bridgehead atoms. The van der Waals surface area contributed by atoms with Crippen molar-refractivity contribution < 1.29 is 0 Å². The summed E-state index contributed by atoms with van der Waals surface area (Å²) in [5.41, 5.74) is 11.7. The van der Waals surface area contributed by atoms with Gasteiger partial charge in [-0.1, -0.05) is 129 Å². The van der Waals surface area contributed by atoms with Gasteiger partial charge in [-0.05, 0) is 64.7 Å². The molecule has 0 spiro atoms. The molecule has 3 aromatic heterocycles. The van der Waals surface area contributed by atoms with Crippen molar-refractivity contribution in [2.24, 2.45) is 0 Å². The van der Waals surface area contributed by atoms with E-state index in [1.54, 1.807) is 11.3 Å². The van der Waals surface area contributed by atoms with Crippen LogP contribution in [0.4, 0.5) is 0 Å². The van der Waals surface area contributed by atoms with Crippen molar-refractivity contribution in [2.75, 3.05) is 0 Å². The molecule has 4 nitrogen and oxygen atoms in total. The zero-order valence-electron chi connectivity index (χ0n) is 29.2. The molecule has 0 radical (unpaired) electrons. The van der Waals surface area contributed by atoms with E-state index in [0.29, 0.717) is 17.5 Å². The minimum atomic E-state index is -0.147. The predicted molar refractivity (Wildman–Crippen MR) is 221 cm³/mol. The fourth-order valence-electron chi connectivity index (χ4n) is 8.56. The molecule has 1 aliphatic rings. The first kappa shape index (κ1) is 30.2. The van der Waals surface area contributed by atoms with Crippen LogP contribution in [0.2, 0.25) is 0 Å². The van der Waals surface area contributed by atoms with Crippen LogP contribution >= 0.6 is 11.3 Å². The average Bonchev–Trinajstić information content (AvgIpc) is 3.83. The lowest BCUT2D eigenvalue weighted by Crippen LogP contribution is -2.16. The SMILES string of the molecule is CC1(C)c2ccccc2-c2ccc3c4ccccc4n(-c4ccc(-c5nc(-c6ccccc6)nc(-c6ccc7c(c6)sc6ccccc67)n5)cc4)c3c21. The fraction of sp³-hybridized carbons (Fsp3) is 0.0625. The van der Waals surface area contributed by atoms with Gasteiger partial charge in [0.15, 0.2) is 17.5 Å². The summed E-state index contributed by atoms with van der Waals surface area (Å²) >= 11 is 1.80. The molecule has 5 heteroatoms. The predicted octanol–water partition coefficient (Wildman–Crippen LogP) is 12.6. The molecule has 7 aromatic carbocycles. The van der Waals surface area contributed by atoms with E-state index < -0.39 is 0 Å². The van der Waals surface area contributed by atoms with E-state index in [2.05, 4.69) is 158 Å². The van der Waals surface area contributed by atoms with Crippen LogP contribution in [0.5, 0.6) is 0 Å². The molecule has 0 saturated carbocycles. The monoisotopic (exact) mass is 696 g/mol. The highest BCUT2D eigenvalue weighted by Gasteiger charge is 2.38. The van der Waals surface area contributed by atoms with Gasteiger partial charge < -0.3 is 4.57 Å². The number of rotatable bonds is 4. The zero-order valence-corrected chi connectivity index (χ0v) is 30.0. The number of fused-ring (bicyclic) bond motifs is 10. The van der Waals surface area contributed by atoms with Gasteiger partial charge in [-0.3, -0.25) is 0 Å². The number of aromatic nitrogens is 4. The molecule has 53 heavy (non-hydrogen) atoms. The molecule has 0 amide bonds. The van der Waals surface area contributed by atoms with Crippen LogP contribution in [-0.4, -0.2) is 19.5 Å². The number of hydrogen-bond acceptors (Lipinski definition) is 4. The first-order valence-electron chi connectivity index (χ1n) is 18.0. The molecule has 0 unspecified atom stereocenters. The lowest BCUT2D eigenvalue weighted by atomic mass is 9.81. The lowest BCUT2D eigenvalue weighted by molar-refractivity contribution is 0.664. The third-order valence-electron chi connectivity index (χ3n) is 11.0. The Hall–Kier alpha value is -6.43. The van der Waals surface area contributed by atoms with Gasteiger partial charge >= 0.3 is 0 Å². The van der Waals surface area contributed by atoms with Crippen molar-refractivity contribution in [1.29, 1.82) is 0 Å². The summed E-state index contributed by atoms with van der Waals surface area (Å²) in [6.07, 6.45) is 0. The van der Waals surface area contributed by atoms with Gasteiger partial charge in [0.2, 0.25) is 0 Å². The molecule has 250 valence electrons. The van der Waals surface area contributed by atoms with Crippen molar-refractivity contribution in [1.82, 2.24) is 19.5 Å². The standard InChI is InChI=1S/C48H32N4S/c1-48(2)39-17-9-6-14-33(39)37-26-27-38-34-15-7-10-18-40(34)52(44(38)43(37)48)32-23-20-30(21-24-32)46-49-45(29-12-4-3-5-13-29)50-47(51-46)31-22-25-36-35-16-8-11-19-41(35)53-42(36)28-31/h3-28H,1-2H3. The molecular weight excluding hydrogens is 665 g/mol. The van der Waals surface area contributed by atoms with E-state index in [-0.39, 0.29) is 5.41 Å². The summed E-state index contributed by atoms with van der Waals surface area (Å²) in [6.45, 7) is 4.73.